The highest BCUT2D eigenvalue weighted by Crippen LogP contribution is 2.40. The molecule has 1 amide bonds. The van der Waals surface area contributed by atoms with E-state index in [2.05, 4.69) is 23.3 Å². The number of nitrogens with one attached hydrogen (secondary N) is 1. The van der Waals surface area contributed by atoms with E-state index in [1.54, 1.807) is 32.7 Å². The van der Waals surface area contributed by atoms with Crippen LogP contribution >= 0.6 is 11.3 Å². The van der Waals surface area contributed by atoms with E-state index in [-0.39, 0.29) is 12.5 Å². The van der Waals surface area contributed by atoms with Crippen molar-refractivity contribution in [2.24, 2.45) is 4.99 Å². The highest BCUT2D eigenvalue weighted by molar-refractivity contribution is 7.16. The first-order chi connectivity index (χ1) is 15.1. The van der Waals surface area contributed by atoms with Gasteiger partial charge in [-0.3, -0.25) is 9.79 Å². The Kier molecular flexibility index (Phi) is 8.35. The van der Waals surface area contributed by atoms with Crippen molar-refractivity contribution in [1.29, 1.82) is 0 Å². The van der Waals surface area contributed by atoms with Crippen LogP contribution in [0.4, 0.5) is 5.00 Å². The Balaban J connectivity index is 1.88. The first-order valence-corrected chi connectivity index (χ1v) is 11.7. The molecule has 6 nitrogen and oxygen atoms in total. The van der Waals surface area contributed by atoms with Crippen LogP contribution in [0.2, 0.25) is 0 Å². The molecule has 2 aromatic rings. The quantitative estimate of drug-likeness (QED) is 0.467. The number of nitrogens with zero attached hydrogens (tertiary/aromatic N) is 1. The topological polar surface area (TPSA) is 69.2 Å². The van der Waals surface area contributed by atoms with Gasteiger partial charge in [-0.2, -0.15) is 0 Å². The molecule has 0 spiro atoms. The number of amides is 1. The van der Waals surface area contributed by atoms with Gasteiger partial charge in [0.25, 0.3) is 0 Å². The predicted octanol–water partition coefficient (Wildman–Crippen LogP) is 5.47. The van der Waals surface area contributed by atoms with Crippen molar-refractivity contribution in [2.75, 3.05) is 33.2 Å². The minimum Gasteiger partial charge on any atom is -0.493 e. The number of thiophene rings is 1. The third-order valence-corrected chi connectivity index (χ3v) is 6.50. The number of methoxy groups -OCH3 is 3. The summed E-state index contributed by atoms with van der Waals surface area (Å²) in [6.45, 7) is 2.32. The molecular weight excluding hydrogens is 412 g/mol. The fourth-order valence-corrected chi connectivity index (χ4v) is 4.90. The monoisotopic (exact) mass is 444 g/mol. The zero-order chi connectivity index (χ0) is 22.2. The van der Waals surface area contributed by atoms with Gasteiger partial charge in [0.1, 0.15) is 11.5 Å². The van der Waals surface area contributed by atoms with Crippen molar-refractivity contribution < 1.29 is 19.0 Å². The van der Waals surface area contributed by atoms with Gasteiger partial charge in [0.05, 0.1) is 27.0 Å². The van der Waals surface area contributed by atoms with E-state index in [1.807, 2.05) is 12.1 Å². The zero-order valence-electron chi connectivity index (χ0n) is 18.9. The van der Waals surface area contributed by atoms with Gasteiger partial charge < -0.3 is 19.5 Å². The van der Waals surface area contributed by atoms with Gasteiger partial charge in [-0.15, -0.1) is 11.3 Å². The number of fused-ring (bicyclic) bond motifs is 1. The number of hydrogen-bond donors (Lipinski definition) is 1. The van der Waals surface area contributed by atoms with Crippen LogP contribution in [-0.4, -0.2) is 39.5 Å². The van der Waals surface area contributed by atoms with Crippen LogP contribution in [0.15, 0.2) is 23.2 Å². The highest BCUT2D eigenvalue weighted by Gasteiger charge is 2.23. The molecule has 0 radical (unpaired) electrons. The van der Waals surface area contributed by atoms with Gasteiger partial charge in [0, 0.05) is 16.0 Å². The molecule has 31 heavy (non-hydrogen) atoms. The minimum atomic E-state index is -0.100. The third kappa shape index (κ3) is 5.58. The Labute approximate surface area is 188 Å². The summed E-state index contributed by atoms with van der Waals surface area (Å²) in [4.78, 5) is 18.1. The van der Waals surface area contributed by atoms with Crippen LogP contribution in [0.3, 0.4) is 0 Å². The summed E-state index contributed by atoms with van der Waals surface area (Å²) in [6.07, 6.45) is 8.59. The first kappa shape index (κ1) is 23.1. The molecule has 1 aromatic heterocycles. The largest absolute Gasteiger partial charge is 0.493 e. The molecule has 0 saturated heterocycles. The lowest BCUT2D eigenvalue weighted by Gasteiger charge is -2.15. The second-order valence-corrected chi connectivity index (χ2v) is 8.74. The van der Waals surface area contributed by atoms with E-state index < -0.39 is 0 Å². The van der Waals surface area contributed by atoms with Crippen molar-refractivity contribution in [3.8, 4) is 17.2 Å². The van der Waals surface area contributed by atoms with Gasteiger partial charge in [0.2, 0.25) is 11.7 Å². The average Bonchev–Trinajstić information content (AvgIpc) is 3.10. The molecule has 1 aliphatic rings. The molecule has 0 saturated carbocycles. The van der Waals surface area contributed by atoms with Crippen LogP contribution in [0.5, 0.6) is 17.2 Å². The van der Waals surface area contributed by atoms with Crippen LogP contribution in [0, 0.1) is 0 Å². The number of hydrogen-bond acceptors (Lipinski definition) is 6. The summed E-state index contributed by atoms with van der Waals surface area (Å²) in [5.74, 6) is 1.56. The van der Waals surface area contributed by atoms with Crippen molar-refractivity contribution in [1.82, 2.24) is 0 Å². The van der Waals surface area contributed by atoms with Gasteiger partial charge in [0.15, 0.2) is 11.5 Å². The average molecular weight is 445 g/mol. The number of aliphatic imine (C=N–C) groups is 1. The molecule has 1 aliphatic heterocycles. The van der Waals surface area contributed by atoms with E-state index in [9.17, 15) is 4.79 Å². The number of rotatable bonds is 11. The third-order valence-electron chi connectivity index (χ3n) is 5.39. The second-order valence-electron chi connectivity index (χ2n) is 7.60. The summed E-state index contributed by atoms with van der Waals surface area (Å²) in [5, 5.41) is 3.88. The van der Waals surface area contributed by atoms with E-state index in [1.165, 1.54) is 37.0 Å². The van der Waals surface area contributed by atoms with Crippen molar-refractivity contribution in [3.05, 3.63) is 34.2 Å². The molecule has 0 fully saturated rings. The Morgan fingerprint density at radius 3 is 2.29 bits per heavy atom. The standard InChI is InChI=1S/C24H32N2O4S/c1-5-6-7-8-9-10-11-17-14-18-22(25-15-21(27)26-24(18)31-17)16-12-19(28-2)23(30-4)20(13-16)29-3/h12-14H,5-11,15H2,1-4H3,(H,26,27). The lowest BCUT2D eigenvalue weighted by Crippen LogP contribution is -2.12. The van der Waals surface area contributed by atoms with E-state index in [4.69, 9.17) is 14.2 Å². The molecule has 168 valence electrons. The van der Waals surface area contributed by atoms with Crippen molar-refractivity contribution >= 4 is 28.0 Å². The Morgan fingerprint density at radius 2 is 1.65 bits per heavy atom. The molecular formula is C24H32N2O4S. The SMILES string of the molecule is CCCCCCCCc1cc2c(s1)NC(=O)CN=C2c1cc(OC)c(OC)c(OC)c1. The van der Waals surface area contributed by atoms with Crippen LogP contribution in [-0.2, 0) is 11.2 Å². The Hall–Kier alpha value is -2.54. The van der Waals surface area contributed by atoms with Gasteiger partial charge in [-0.1, -0.05) is 39.0 Å². The number of benzene rings is 1. The number of anilines is 1. The van der Waals surface area contributed by atoms with Crippen molar-refractivity contribution in [3.63, 3.8) is 0 Å². The molecule has 1 N–H and O–H groups in total. The van der Waals surface area contributed by atoms with E-state index in [0.717, 1.165) is 34.7 Å². The fourth-order valence-electron chi connectivity index (χ4n) is 3.78. The molecule has 0 aliphatic carbocycles. The summed E-state index contributed by atoms with van der Waals surface area (Å²) in [7, 11) is 4.77. The van der Waals surface area contributed by atoms with Gasteiger partial charge >= 0.3 is 0 Å². The highest BCUT2D eigenvalue weighted by atomic mass is 32.1. The normalized spacial score (nSPS) is 13.2. The molecule has 0 bridgehead atoms. The molecule has 2 heterocycles. The Bertz CT molecular complexity index is 911. The summed E-state index contributed by atoms with van der Waals surface area (Å²) >= 11 is 1.65. The lowest BCUT2D eigenvalue weighted by atomic mass is 10.0. The van der Waals surface area contributed by atoms with Crippen LogP contribution in [0.25, 0.3) is 0 Å². The zero-order valence-corrected chi connectivity index (χ0v) is 19.7. The van der Waals surface area contributed by atoms with Crippen LogP contribution in [0.1, 0.15) is 61.5 Å². The molecule has 1 aromatic carbocycles. The number of carbonyl (C=O) groups is 1. The maximum atomic E-state index is 12.3. The van der Waals surface area contributed by atoms with E-state index in [0.29, 0.717) is 17.2 Å². The Morgan fingerprint density at radius 1 is 0.968 bits per heavy atom. The van der Waals surface area contributed by atoms with Gasteiger partial charge in [-0.05, 0) is 31.0 Å². The molecule has 3 rings (SSSR count). The predicted molar refractivity (Wildman–Crippen MR) is 127 cm³/mol. The number of carbonyl (C=O) groups excluding carboxylic acids is 1. The summed E-state index contributed by atoms with van der Waals surface area (Å²) in [6, 6.07) is 5.93. The number of ether oxygens (including phenoxy) is 3. The summed E-state index contributed by atoms with van der Waals surface area (Å²) in [5.41, 5.74) is 2.54. The molecule has 7 heteroatoms. The van der Waals surface area contributed by atoms with Gasteiger partial charge in [-0.25, -0.2) is 0 Å². The van der Waals surface area contributed by atoms with Crippen molar-refractivity contribution in [2.45, 2.75) is 51.9 Å². The van der Waals surface area contributed by atoms with Crippen LogP contribution < -0.4 is 19.5 Å². The maximum absolute atomic E-state index is 12.3. The molecule has 0 atom stereocenters. The number of unbranched alkanes of at least 4 members (excludes halogenated alkanes) is 5. The maximum Gasteiger partial charge on any atom is 0.246 e. The van der Waals surface area contributed by atoms with E-state index >= 15 is 0 Å². The summed E-state index contributed by atoms with van der Waals surface area (Å²) < 4.78 is 16.5. The number of aryl methyl sites for hydroxylation is 1. The second kappa shape index (κ2) is 11.2. The minimum absolute atomic E-state index is 0.0835. The lowest BCUT2D eigenvalue weighted by molar-refractivity contribution is -0.114. The molecule has 0 unspecified atom stereocenters. The first-order valence-electron chi connectivity index (χ1n) is 10.9. The smallest absolute Gasteiger partial charge is 0.246 e. The fraction of sp³-hybridized carbons (Fsp3) is 0.500.